The maximum absolute atomic E-state index is 5.78. The first-order valence-electron chi connectivity index (χ1n) is 9.80. The van der Waals surface area contributed by atoms with Gasteiger partial charge in [0.05, 0.1) is 12.6 Å². The van der Waals surface area contributed by atoms with Crippen molar-refractivity contribution < 1.29 is 9.47 Å². The first kappa shape index (κ1) is 20.1. The number of nitrogens with one attached hydrogen (secondary N) is 2. The number of nitrogens with zero attached hydrogens (tertiary/aromatic N) is 4. The third kappa shape index (κ3) is 5.95. The summed E-state index contributed by atoms with van der Waals surface area (Å²) in [7, 11) is 1.95. The maximum atomic E-state index is 5.78. The van der Waals surface area contributed by atoms with Gasteiger partial charge in [-0.1, -0.05) is 17.7 Å². The molecule has 0 radical (unpaired) electrons. The minimum absolute atomic E-state index is 0.243. The largest absolute Gasteiger partial charge is 0.492 e. The Morgan fingerprint density at radius 1 is 1.25 bits per heavy atom. The fourth-order valence-electron chi connectivity index (χ4n) is 2.90. The van der Waals surface area contributed by atoms with Crippen LogP contribution in [0.15, 0.2) is 29.3 Å². The molecule has 3 rings (SSSR count). The Hall–Kier alpha value is -2.61. The number of aryl methyl sites for hydroxylation is 2. The summed E-state index contributed by atoms with van der Waals surface area (Å²) in [6.07, 6.45) is 2.45. The molecule has 2 N–H and O–H groups in total. The molecule has 152 valence electrons. The molecule has 1 saturated heterocycles. The predicted molar refractivity (Wildman–Crippen MR) is 109 cm³/mol. The first-order valence-corrected chi connectivity index (χ1v) is 9.80. The van der Waals surface area contributed by atoms with E-state index in [1.807, 2.05) is 42.8 Å². The molecule has 1 unspecified atom stereocenters. The predicted octanol–water partition coefficient (Wildman–Crippen LogP) is 1.73. The van der Waals surface area contributed by atoms with E-state index >= 15 is 0 Å². The lowest BCUT2D eigenvalue weighted by Gasteiger charge is -2.16. The molecule has 0 spiro atoms. The molecule has 2 aromatic rings. The van der Waals surface area contributed by atoms with Crippen LogP contribution in [0.4, 0.5) is 0 Å². The van der Waals surface area contributed by atoms with Crippen molar-refractivity contribution in [1.82, 2.24) is 25.4 Å². The molecule has 0 saturated carbocycles. The number of ether oxygens (including phenoxy) is 2. The van der Waals surface area contributed by atoms with Crippen LogP contribution in [0.5, 0.6) is 5.75 Å². The van der Waals surface area contributed by atoms with Crippen molar-refractivity contribution in [2.45, 2.75) is 39.3 Å². The lowest BCUT2D eigenvalue weighted by molar-refractivity contribution is 0.113. The van der Waals surface area contributed by atoms with Crippen LogP contribution < -0.4 is 15.4 Å². The standard InChI is InChI=1S/C20H30N6O2/c1-15-6-8-17(9-7-15)28-12-10-21-20(22-13-18-5-4-11-27-18)23-14-19-25-24-16(2)26(19)3/h6-9,18H,4-5,10-14H2,1-3H3,(H2,21,22,23). The second kappa shape index (κ2) is 10.1. The van der Waals surface area contributed by atoms with Crippen LogP contribution in [0.25, 0.3) is 0 Å². The van der Waals surface area contributed by atoms with Gasteiger partial charge in [0.1, 0.15) is 24.7 Å². The second-order valence-corrected chi connectivity index (χ2v) is 6.99. The van der Waals surface area contributed by atoms with E-state index in [0.717, 1.165) is 49.4 Å². The summed E-state index contributed by atoms with van der Waals surface area (Å²) >= 11 is 0. The van der Waals surface area contributed by atoms with E-state index in [2.05, 4.69) is 32.7 Å². The van der Waals surface area contributed by atoms with Gasteiger partial charge >= 0.3 is 0 Å². The summed E-state index contributed by atoms with van der Waals surface area (Å²) in [5.41, 5.74) is 1.22. The van der Waals surface area contributed by atoms with E-state index in [9.17, 15) is 0 Å². The van der Waals surface area contributed by atoms with Gasteiger partial charge in [0.15, 0.2) is 11.8 Å². The highest BCUT2D eigenvalue weighted by molar-refractivity contribution is 5.79. The Morgan fingerprint density at radius 2 is 2.07 bits per heavy atom. The van der Waals surface area contributed by atoms with Gasteiger partial charge in [-0.2, -0.15) is 0 Å². The SMILES string of the molecule is Cc1ccc(OCCNC(=NCc2nnc(C)n2C)NCC2CCCO2)cc1. The van der Waals surface area contributed by atoms with Crippen LogP contribution >= 0.6 is 0 Å². The number of hydrogen-bond acceptors (Lipinski definition) is 5. The summed E-state index contributed by atoms with van der Waals surface area (Å²) in [6.45, 7) is 7.22. The molecule has 0 amide bonds. The zero-order valence-electron chi connectivity index (χ0n) is 16.9. The third-order valence-corrected chi connectivity index (χ3v) is 4.77. The summed E-state index contributed by atoms with van der Waals surface area (Å²) in [4.78, 5) is 4.65. The van der Waals surface area contributed by atoms with Crippen molar-refractivity contribution in [2.24, 2.45) is 12.0 Å². The molecule has 0 aliphatic carbocycles. The van der Waals surface area contributed by atoms with Crippen LogP contribution in [0, 0.1) is 13.8 Å². The Labute approximate surface area is 166 Å². The normalized spacial score (nSPS) is 17.0. The summed E-state index contributed by atoms with van der Waals surface area (Å²) < 4.78 is 13.4. The highest BCUT2D eigenvalue weighted by Gasteiger charge is 2.15. The van der Waals surface area contributed by atoms with E-state index in [1.165, 1.54) is 5.56 Å². The van der Waals surface area contributed by atoms with E-state index in [0.29, 0.717) is 19.7 Å². The average Bonchev–Trinajstić information content (AvgIpc) is 3.33. The summed E-state index contributed by atoms with van der Waals surface area (Å²) in [6, 6.07) is 8.05. The van der Waals surface area contributed by atoms with Gasteiger partial charge in [0, 0.05) is 20.2 Å². The Kier molecular flexibility index (Phi) is 7.25. The highest BCUT2D eigenvalue weighted by Crippen LogP contribution is 2.11. The Bertz CT molecular complexity index is 766. The number of benzene rings is 1. The fraction of sp³-hybridized carbons (Fsp3) is 0.550. The van der Waals surface area contributed by atoms with Crippen molar-refractivity contribution in [3.63, 3.8) is 0 Å². The molecular formula is C20H30N6O2. The van der Waals surface area contributed by atoms with Crippen LogP contribution in [-0.4, -0.2) is 53.1 Å². The number of aromatic nitrogens is 3. The summed E-state index contributed by atoms with van der Waals surface area (Å²) in [5.74, 6) is 3.29. The highest BCUT2D eigenvalue weighted by atomic mass is 16.5. The number of aliphatic imine (C=N–C) groups is 1. The van der Waals surface area contributed by atoms with Gasteiger partial charge in [-0.15, -0.1) is 10.2 Å². The van der Waals surface area contributed by atoms with E-state index < -0.39 is 0 Å². The topological polar surface area (TPSA) is 85.6 Å². The van der Waals surface area contributed by atoms with E-state index in [4.69, 9.17) is 9.47 Å². The molecule has 2 heterocycles. The average molecular weight is 387 g/mol. The molecular weight excluding hydrogens is 356 g/mol. The lowest BCUT2D eigenvalue weighted by atomic mass is 10.2. The Morgan fingerprint density at radius 3 is 2.75 bits per heavy atom. The third-order valence-electron chi connectivity index (χ3n) is 4.77. The van der Waals surface area contributed by atoms with Gasteiger partial charge in [0.2, 0.25) is 0 Å². The molecule has 8 nitrogen and oxygen atoms in total. The quantitative estimate of drug-likeness (QED) is 0.408. The minimum atomic E-state index is 0.243. The molecule has 1 aliphatic rings. The maximum Gasteiger partial charge on any atom is 0.191 e. The molecule has 1 aliphatic heterocycles. The van der Waals surface area contributed by atoms with E-state index in [1.54, 1.807) is 0 Å². The van der Waals surface area contributed by atoms with Crippen molar-refractivity contribution in [3.05, 3.63) is 41.5 Å². The van der Waals surface area contributed by atoms with Crippen LogP contribution in [-0.2, 0) is 18.3 Å². The molecule has 1 aromatic heterocycles. The van der Waals surface area contributed by atoms with Crippen molar-refractivity contribution in [2.75, 3.05) is 26.3 Å². The van der Waals surface area contributed by atoms with Crippen LogP contribution in [0.3, 0.4) is 0 Å². The molecule has 8 heteroatoms. The number of guanidine groups is 1. The van der Waals surface area contributed by atoms with Gasteiger partial charge in [-0.25, -0.2) is 4.99 Å². The lowest BCUT2D eigenvalue weighted by Crippen LogP contribution is -2.42. The van der Waals surface area contributed by atoms with Crippen LogP contribution in [0.2, 0.25) is 0 Å². The van der Waals surface area contributed by atoms with Gasteiger partial charge < -0.3 is 24.7 Å². The minimum Gasteiger partial charge on any atom is -0.492 e. The molecule has 28 heavy (non-hydrogen) atoms. The van der Waals surface area contributed by atoms with Gasteiger partial charge in [-0.05, 0) is 38.8 Å². The molecule has 1 atom stereocenters. The first-order chi connectivity index (χ1) is 13.6. The molecule has 0 bridgehead atoms. The monoisotopic (exact) mass is 386 g/mol. The molecule has 1 aromatic carbocycles. The number of rotatable bonds is 8. The smallest absolute Gasteiger partial charge is 0.191 e. The molecule has 1 fully saturated rings. The summed E-state index contributed by atoms with van der Waals surface area (Å²) in [5, 5.41) is 14.9. The van der Waals surface area contributed by atoms with Crippen molar-refractivity contribution in [3.8, 4) is 5.75 Å². The van der Waals surface area contributed by atoms with Gasteiger partial charge in [0.25, 0.3) is 0 Å². The zero-order valence-corrected chi connectivity index (χ0v) is 16.9. The zero-order chi connectivity index (χ0) is 19.8. The van der Waals surface area contributed by atoms with Gasteiger partial charge in [-0.3, -0.25) is 0 Å². The van der Waals surface area contributed by atoms with E-state index in [-0.39, 0.29) is 6.10 Å². The van der Waals surface area contributed by atoms with Crippen molar-refractivity contribution in [1.29, 1.82) is 0 Å². The second-order valence-electron chi connectivity index (χ2n) is 6.99. The number of hydrogen-bond donors (Lipinski definition) is 2. The van der Waals surface area contributed by atoms with Crippen molar-refractivity contribution >= 4 is 5.96 Å². The fourth-order valence-corrected chi connectivity index (χ4v) is 2.90. The Balaban J connectivity index is 1.51. The van der Waals surface area contributed by atoms with Crippen LogP contribution in [0.1, 0.15) is 30.1 Å².